The largest absolute Gasteiger partial charge is 0.484 e. The Balaban J connectivity index is 1.56. The lowest BCUT2D eigenvalue weighted by Crippen LogP contribution is -2.26. The van der Waals surface area contributed by atoms with Crippen LogP contribution in [0.1, 0.15) is 43.3 Å². The molecule has 25 heavy (non-hydrogen) atoms. The van der Waals surface area contributed by atoms with Crippen molar-refractivity contribution in [3.8, 4) is 5.75 Å². The Morgan fingerprint density at radius 3 is 2.72 bits per heavy atom. The Morgan fingerprint density at radius 1 is 1.32 bits per heavy atom. The minimum Gasteiger partial charge on any atom is -0.484 e. The van der Waals surface area contributed by atoms with Crippen molar-refractivity contribution >= 4 is 22.4 Å². The first-order valence-electron chi connectivity index (χ1n) is 8.79. The van der Waals surface area contributed by atoms with Gasteiger partial charge in [-0.25, -0.2) is 4.98 Å². The highest BCUT2D eigenvalue weighted by Gasteiger charge is 2.30. The lowest BCUT2D eigenvalue weighted by molar-refractivity contribution is -0.118. The SMILES string of the molecule is Cc1ccc(OCC(=O)Nc2nc3c(s2)C[C@H](C(C)(C)C)CC3)cc1. The van der Waals surface area contributed by atoms with Gasteiger partial charge in [-0.05, 0) is 49.7 Å². The van der Waals surface area contributed by atoms with Crippen LogP contribution in [-0.2, 0) is 17.6 Å². The van der Waals surface area contributed by atoms with Gasteiger partial charge in [0.05, 0.1) is 5.69 Å². The van der Waals surface area contributed by atoms with Crippen molar-refractivity contribution in [3.63, 3.8) is 0 Å². The predicted molar refractivity (Wildman–Crippen MR) is 102 cm³/mol. The molecule has 1 aliphatic rings. The fourth-order valence-corrected chi connectivity index (χ4v) is 4.21. The van der Waals surface area contributed by atoms with Crippen molar-refractivity contribution in [3.05, 3.63) is 40.4 Å². The Hall–Kier alpha value is -1.88. The summed E-state index contributed by atoms with van der Waals surface area (Å²) in [6.45, 7) is 8.92. The van der Waals surface area contributed by atoms with Gasteiger partial charge in [0.2, 0.25) is 0 Å². The molecule has 1 heterocycles. The van der Waals surface area contributed by atoms with Crippen LogP contribution < -0.4 is 10.1 Å². The summed E-state index contributed by atoms with van der Waals surface area (Å²) in [5.74, 6) is 1.21. The molecule has 134 valence electrons. The van der Waals surface area contributed by atoms with E-state index in [9.17, 15) is 4.79 Å². The van der Waals surface area contributed by atoms with Crippen LogP contribution in [0, 0.1) is 18.3 Å². The van der Waals surface area contributed by atoms with Crippen molar-refractivity contribution in [1.82, 2.24) is 4.98 Å². The molecule has 0 radical (unpaired) electrons. The van der Waals surface area contributed by atoms with Crippen LogP contribution in [0.5, 0.6) is 5.75 Å². The number of ether oxygens (including phenoxy) is 1. The maximum Gasteiger partial charge on any atom is 0.264 e. The molecule has 1 aromatic heterocycles. The zero-order chi connectivity index (χ0) is 18.0. The van der Waals surface area contributed by atoms with E-state index >= 15 is 0 Å². The highest BCUT2D eigenvalue weighted by molar-refractivity contribution is 7.15. The number of rotatable bonds is 4. The van der Waals surface area contributed by atoms with Gasteiger partial charge in [-0.1, -0.05) is 38.5 Å². The summed E-state index contributed by atoms with van der Waals surface area (Å²) >= 11 is 1.61. The molecule has 1 aliphatic carbocycles. The number of amides is 1. The van der Waals surface area contributed by atoms with E-state index in [1.165, 1.54) is 16.9 Å². The van der Waals surface area contributed by atoms with Crippen LogP contribution in [0.2, 0.25) is 0 Å². The summed E-state index contributed by atoms with van der Waals surface area (Å²) in [5, 5.41) is 3.57. The molecule has 0 aliphatic heterocycles. The molecule has 0 saturated carbocycles. The zero-order valence-electron chi connectivity index (χ0n) is 15.4. The van der Waals surface area contributed by atoms with Crippen LogP contribution in [0.3, 0.4) is 0 Å². The molecular weight excluding hydrogens is 332 g/mol. The van der Waals surface area contributed by atoms with Crippen molar-refractivity contribution in [2.75, 3.05) is 11.9 Å². The number of hydrogen-bond donors (Lipinski definition) is 1. The number of hydrogen-bond acceptors (Lipinski definition) is 4. The van der Waals surface area contributed by atoms with E-state index in [1.807, 2.05) is 31.2 Å². The third kappa shape index (κ3) is 4.60. The first-order chi connectivity index (χ1) is 11.8. The van der Waals surface area contributed by atoms with E-state index < -0.39 is 0 Å². The number of nitrogens with one attached hydrogen (secondary N) is 1. The summed E-state index contributed by atoms with van der Waals surface area (Å²) in [4.78, 5) is 18.0. The van der Waals surface area contributed by atoms with Crippen LogP contribution in [0.15, 0.2) is 24.3 Å². The van der Waals surface area contributed by atoms with Gasteiger partial charge in [0, 0.05) is 4.88 Å². The van der Waals surface area contributed by atoms with Gasteiger partial charge in [0.25, 0.3) is 5.91 Å². The van der Waals surface area contributed by atoms with Gasteiger partial charge in [-0.3, -0.25) is 10.1 Å². The molecule has 0 bridgehead atoms. The maximum absolute atomic E-state index is 12.1. The molecular formula is C20H26N2O2S. The smallest absolute Gasteiger partial charge is 0.264 e. The molecule has 0 saturated heterocycles. The second kappa shape index (κ2) is 7.16. The Morgan fingerprint density at radius 2 is 2.04 bits per heavy atom. The van der Waals surface area contributed by atoms with Crippen molar-refractivity contribution in [1.29, 1.82) is 0 Å². The molecule has 1 atom stereocenters. The Bertz CT molecular complexity index is 744. The summed E-state index contributed by atoms with van der Waals surface area (Å²) in [6.07, 6.45) is 3.24. The normalized spacial score (nSPS) is 17.0. The number of nitrogens with zero attached hydrogens (tertiary/aromatic N) is 1. The lowest BCUT2D eigenvalue weighted by atomic mass is 9.73. The minimum atomic E-state index is -0.168. The quantitative estimate of drug-likeness (QED) is 0.867. The van der Waals surface area contributed by atoms with Gasteiger partial charge in [-0.2, -0.15) is 0 Å². The van der Waals surface area contributed by atoms with E-state index in [2.05, 4.69) is 31.1 Å². The van der Waals surface area contributed by atoms with E-state index in [1.54, 1.807) is 11.3 Å². The second-order valence-corrected chi connectivity index (χ2v) is 8.93. The third-order valence-corrected chi connectivity index (χ3v) is 5.84. The summed E-state index contributed by atoms with van der Waals surface area (Å²) < 4.78 is 5.52. The van der Waals surface area contributed by atoms with Gasteiger partial charge in [0.15, 0.2) is 11.7 Å². The van der Waals surface area contributed by atoms with Gasteiger partial charge >= 0.3 is 0 Å². The highest BCUT2D eigenvalue weighted by atomic mass is 32.1. The molecule has 0 fully saturated rings. The molecule has 1 N–H and O–H groups in total. The number of fused-ring (bicyclic) bond motifs is 1. The zero-order valence-corrected chi connectivity index (χ0v) is 16.2. The number of anilines is 1. The van der Waals surface area contributed by atoms with Crippen molar-refractivity contribution in [2.45, 2.75) is 47.0 Å². The van der Waals surface area contributed by atoms with Gasteiger partial charge in [0.1, 0.15) is 5.75 Å². The van der Waals surface area contributed by atoms with Crippen LogP contribution >= 0.6 is 11.3 Å². The third-order valence-electron chi connectivity index (χ3n) is 4.80. The molecule has 5 heteroatoms. The number of aromatic nitrogens is 1. The number of aryl methyl sites for hydroxylation is 2. The van der Waals surface area contributed by atoms with Crippen LogP contribution in [0.25, 0.3) is 0 Å². The topological polar surface area (TPSA) is 51.2 Å². The van der Waals surface area contributed by atoms with Crippen LogP contribution in [-0.4, -0.2) is 17.5 Å². The van der Waals surface area contributed by atoms with E-state index in [0.717, 1.165) is 18.5 Å². The molecule has 1 aromatic carbocycles. The van der Waals surface area contributed by atoms with E-state index in [-0.39, 0.29) is 12.5 Å². The number of carbonyl (C=O) groups excluding carboxylic acids is 1. The summed E-state index contributed by atoms with van der Waals surface area (Å²) in [5.41, 5.74) is 2.63. The van der Waals surface area contributed by atoms with Crippen molar-refractivity contribution < 1.29 is 9.53 Å². The second-order valence-electron chi connectivity index (χ2n) is 7.84. The number of carbonyl (C=O) groups is 1. The van der Waals surface area contributed by atoms with Gasteiger partial charge < -0.3 is 4.74 Å². The fraction of sp³-hybridized carbons (Fsp3) is 0.500. The van der Waals surface area contributed by atoms with E-state index in [4.69, 9.17) is 4.74 Å². The summed E-state index contributed by atoms with van der Waals surface area (Å²) in [6, 6.07) is 7.68. The minimum absolute atomic E-state index is 0.00206. The Kier molecular flexibility index (Phi) is 5.13. The Labute approximate surface area is 153 Å². The number of benzene rings is 1. The van der Waals surface area contributed by atoms with Crippen molar-refractivity contribution in [2.24, 2.45) is 11.3 Å². The summed E-state index contributed by atoms with van der Waals surface area (Å²) in [7, 11) is 0. The molecule has 0 unspecified atom stereocenters. The standard InChI is InChI=1S/C20H26N2O2S/c1-13-5-8-15(9-6-13)24-12-18(23)22-19-21-16-10-7-14(20(2,3)4)11-17(16)25-19/h5-6,8-9,14H,7,10-12H2,1-4H3,(H,21,22,23)/t14-/m1/s1. The molecule has 1 amide bonds. The number of thiazole rings is 1. The van der Waals surface area contributed by atoms with Gasteiger partial charge in [-0.15, -0.1) is 11.3 Å². The van der Waals surface area contributed by atoms with Crippen LogP contribution in [0.4, 0.5) is 5.13 Å². The first kappa shape index (κ1) is 17.9. The monoisotopic (exact) mass is 358 g/mol. The average Bonchev–Trinajstić information content (AvgIpc) is 2.94. The molecule has 4 nitrogen and oxygen atoms in total. The molecule has 0 spiro atoms. The fourth-order valence-electron chi connectivity index (χ4n) is 3.11. The maximum atomic E-state index is 12.1. The van der Waals surface area contributed by atoms with E-state index in [0.29, 0.717) is 22.2 Å². The predicted octanol–water partition coefficient (Wildman–Crippen LogP) is 4.62. The average molecular weight is 359 g/mol. The molecule has 2 aromatic rings. The first-order valence-corrected chi connectivity index (χ1v) is 9.61. The highest BCUT2D eigenvalue weighted by Crippen LogP contribution is 2.40. The lowest BCUT2D eigenvalue weighted by Gasteiger charge is -2.33. The molecule has 3 rings (SSSR count).